The molecule has 15 heavy (non-hydrogen) atoms. The van der Waals surface area contributed by atoms with E-state index in [1.807, 2.05) is 13.8 Å². The summed E-state index contributed by atoms with van der Waals surface area (Å²) < 4.78 is 0. The lowest BCUT2D eigenvalue weighted by molar-refractivity contribution is -0.140. The molecule has 1 heterocycles. The molecule has 0 aromatic heterocycles. The van der Waals surface area contributed by atoms with Gasteiger partial charge in [0.15, 0.2) is 0 Å². The molecule has 0 radical (unpaired) electrons. The summed E-state index contributed by atoms with van der Waals surface area (Å²) in [5.41, 5.74) is -0.385. The van der Waals surface area contributed by atoms with Crippen LogP contribution in [0.25, 0.3) is 0 Å². The van der Waals surface area contributed by atoms with E-state index in [-0.39, 0.29) is 23.8 Å². The van der Waals surface area contributed by atoms with Crippen LogP contribution in [-0.2, 0) is 9.59 Å². The molecular formula is C11H17NO3. The lowest BCUT2D eigenvalue weighted by Gasteiger charge is -2.35. The monoisotopic (exact) mass is 211 g/mol. The van der Waals surface area contributed by atoms with Crippen molar-refractivity contribution in [1.29, 1.82) is 0 Å². The van der Waals surface area contributed by atoms with Crippen molar-refractivity contribution in [3.63, 3.8) is 0 Å². The average molecular weight is 211 g/mol. The first-order valence-electron chi connectivity index (χ1n) is 5.05. The molecule has 1 unspecified atom stereocenters. The van der Waals surface area contributed by atoms with Gasteiger partial charge in [-0.2, -0.15) is 0 Å². The Morgan fingerprint density at radius 3 is 2.67 bits per heavy atom. The molecule has 1 fully saturated rings. The zero-order valence-corrected chi connectivity index (χ0v) is 9.19. The van der Waals surface area contributed by atoms with Gasteiger partial charge in [-0.25, -0.2) is 0 Å². The van der Waals surface area contributed by atoms with Gasteiger partial charge in [-0.1, -0.05) is 6.58 Å². The van der Waals surface area contributed by atoms with Crippen LogP contribution >= 0.6 is 0 Å². The van der Waals surface area contributed by atoms with Crippen LogP contribution in [0.2, 0.25) is 0 Å². The maximum Gasteiger partial charge on any atom is 0.303 e. The Kier molecular flexibility index (Phi) is 3.17. The topological polar surface area (TPSA) is 57.6 Å². The molecule has 0 aliphatic carbocycles. The van der Waals surface area contributed by atoms with Crippen molar-refractivity contribution in [3.8, 4) is 0 Å². The van der Waals surface area contributed by atoms with Crippen molar-refractivity contribution in [1.82, 2.24) is 4.90 Å². The molecule has 1 rings (SSSR count). The van der Waals surface area contributed by atoms with E-state index in [0.29, 0.717) is 6.54 Å². The van der Waals surface area contributed by atoms with Crippen LogP contribution in [0.5, 0.6) is 0 Å². The normalized spacial score (nSPS) is 23.9. The number of aliphatic carboxylic acids is 1. The van der Waals surface area contributed by atoms with Crippen LogP contribution in [0, 0.1) is 5.92 Å². The van der Waals surface area contributed by atoms with E-state index < -0.39 is 5.97 Å². The molecule has 0 saturated carbocycles. The Morgan fingerprint density at radius 1 is 1.60 bits per heavy atom. The van der Waals surface area contributed by atoms with E-state index >= 15 is 0 Å². The largest absolute Gasteiger partial charge is 0.481 e. The van der Waals surface area contributed by atoms with Crippen molar-refractivity contribution in [2.45, 2.75) is 32.2 Å². The maximum absolute atomic E-state index is 11.5. The molecule has 1 atom stereocenters. The number of amides is 1. The van der Waals surface area contributed by atoms with Gasteiger partial charge in [0.2, 0.25) is 5.91 Å². The third-order valence-corrected chi connectivity index (χ3v) is 3.26. The minimum absolute atomic E-state index is 0.0268. The number of likely N-dealkylation sites (tertiary alicyclic amines) is 1. The molecule has 84 valence electrons. The Bertz CT molecular complexity index is 296. The number of carboxylic acids is 1. The summed E-state index contributed by atoms with van der Waals surface area (Å²) in [5.74, 6) is -0.896. The van der Waals surface area contributed by atoms with E-state index in [2.05, 4.69) is 6.58 Å². The molecular weight excluding hydrogens is 194 g/mol. The summed E-state index contributed by atoms with van der Waals surface area (Å²) in [6.45, 7) is 7.89. The van der Waals surface area contributed by atoms with E-state index in [4.69, 9.17) is 5.11 Å². The van der Waals surface area contributed by atoms with Crippen molar-refractivity contribution >= 4 is 11.9 Å². The molecule has 4 nitrogen and oxygen atoms in total. The quantitative estimate of drug-likeness (QED) is 0.715. The fraction of sp³-hybridized carbons (Fsp3) is 0.636. The smallest absolute Gasteiger partial charge is 0.303 e. The van der Waals surface area contributed by atoms with Gasteiger partial charge in [0.1, 0.15) is 0 Å². The second-order valence-corrected chi connectivity index (χ2v) is 4.43. The molecule has 0 spiro atoms. The van der Waals surface area contributed by atoms with Gasteiger partial charge >= 0.3 is 5.97 Å². The van der Waals surface area contributed by atoms with Gasteiger partial charge < -0.3 is 10.0 Å². The summed E-state index contributed by atoms with van der Waals surface area (Å²) in [5, 5.41) is 8.76. The lowest BCUT2D eigenvalue weighted by atomic mass is 9.86. The number of rotatable bonds is 3. The van der Waals surface area contributed by atoms with Crippen LogP contribution in [0.15, 0.2) is 12.7 Å². The predicted molar refractivity (Wildman–Crippen MR) is 56.3 cm³/mol. The Labute approximate surface area is 89.6 Å². The highest BCUT2D eigenvalue weighted by Gasteiger charge is 2.43. The van der Waals surface area contributed by atoms with E-state index in [1.54, 1.807) is 4.90 Å². The summed E-state index contributed by atoms with van der Waals surface area (Å²) >= 11 is 0. The highest BCUT2D eigenvalue weighted by Crippen LogP contribution is 2.36. The third kappa shape index (κ3) is 2.19. The number of carbonyl (C=O) groups is 2. The highest BCUT2D eigenvalue weighted by atomic mass is 16.4. The third-order valence-electron chi connectivity index (χ3n) is 3.26. The summed E-state index contributed by atoms with van der Waals surface area (Å²) in [6, 6.07) is 0. The van der Waals surface area contributed by atoms with Crippen molar-refractivity contribution < 1.29 is 14.7 Å². The number of hydrogen-bond acceptors (Lipinski definition) is 2. The molecule has 1 saturated heterocycles. The predicted octanol–water partition coefficient (Wildman–Crippen LogP) is 1.27. The molecule has 1 N–H and O–H groups in total. The molecule has 4 heteroatoms. The summed E-state index contributed by atoms with van der Waals surface area (Å²) in [6.07, 6.45) is 2.15. The maximum atomic E-state index is 11.5. The Hall–Kier alpha value is -1.32. The zero-order valence-electron chi connectivity index (χ0n) is 9.19. The Balaban J connectivity index is 2.79. The molecule has 1 aliphatic heterocycles. The van der Waals surface area contributed by atoms with E-state index in [9.17, 15) is 9.59 Å². The molecule has 0 aromatic rings. The van der Waals surface area contributed by atoms with Crippen molar-refractivity contribution in [2.24, 2.45) is 5.92 Å². The van der Waals surface area contributed by atoms with Crippen LogP contribution in [0.1, 0.15) is 26.7 Å². The van der Waals surface area contributed by atoms with Crippen LogP contribution in [-0.4, -0.2) is 34.0 Å². The van der Waals surface area contributed by atoms with Crippen molar-refractivity contribution in [2.75, 3.05) is 6.54 Å². The van der Waals surface area contributed by atoms with E-state index in [1.165, 1.54) is 6.08 Å². The standard InChI is InChI=1S/C11H17NO3/c1-4-9(13)12-6-5-8(7-10(14)15)11(12,2)3/h4,8H,1,5-7H2,2-3H3,(H,14,15). The number of carboxylic acid groups (broad SMARTS) is 1. The molecule has 0 bridgehead atoms. The minimum Gasteiger partial charge on any atom is -0.481 e. The average Bonchev–Trinajstić information content (AvgIpc) is 2.41. The Morgan fingerprint density at radius 2 is 2.20 bits per heavy atom. The zero-order chi connectivity index (χ0) is 11.6. The fourth-order valence-electron chi connectivity index (χ4n) is 2.21. The van der Waals surface area contributed by atoms with Crippen LogP contribution in [0.4, 0.5) is 0 Å². The minimum atomic E-state index is -0.805. The molecule has 0 aromatic carbocycles. The lowest BCUT2D eigenvalue weighted by Crippen LogP contribution is -2.45. The first-order valence-corrected chi connectivity index (χ1v) is 5.05. The van der Waals surface area contributed by atoms with Gasteiger partial charge in [0.25, 0.3) is 0 Å². The van der Waals surface area contributed by atoms with Gasteiger partial charge in [0.05, 0.1) is 6.42 Å². The molecule has 1 aliphatic rings. The number of hydrogen-bond donors (Lipinski definition) is 1. The summed E-state index contributed by atoms with van der Waals surface area (Å²) in [7, 11) is 0. The van der Waals surface area contributed by atoms with Gasteiger partial charge in [-0.15, -0.1) is 0 Å². The van der Waals surface area contributed by atoms with Crippen LogP contribution in [0.3, 0.4) is 0 Å². The number of nitrogens with zero attached hydrogens (tertiary/aromatic N) is 1. The fourth-order valence-corrected chi connectivity index (χ4v) is 2.21. The van der Waals surface area contributed by atoms with Crippen molar-refractivity contribution in [3.05, 3.63) is 12.7 Å². The van der Waals surface area contributed by atoms with Crippen LogP contribution < -0.4 is 0 Å². The molecule has 1 amide bonds. The van der Waals surface area contributed by atoms with Gasteiger partial charge in [-0.3, -0.25) is 9.59 Å². The highest BCUT2D eigenvalue weighted by molar-refractivity contribution is 5.88. The second-order valence-electron chi connectivity index (χ2n) is 4.43. The second kappa shape index (κ2) is 4.04. The first-order chi connectivity index (χ1) is 6.89. The summed E-state index contributed by atoms with van der Waals surface area (Å²) in [4.78, 5) is 23.9. The SMILES string of the molecule is C=CC(=O)N1CCC(CC(=O)O)C1(C)C. The van der Waals surface area contributed by atoms with Gasteiger partial charge in [0, 0.05) is 12.1 Å². The first kappa shape index (κ1) is 11.8. The van der Waals surface area contributed by atoms with E-state index in [0.717, 1.165) is 6.42 Å². The van der Waals surface area contributed by atoms with Gasteiger partial charge in [-0.05, 0) is 32.3 Å². The number of carbonyl (C=O) groups excluding carboxylic acids is 1.